The highest BCUT2D eigenvalue weighted by molar-refractivity contribution is 7.92. The van der Waals surface area contributed by atoms with Gasteiger partial charge in [-0.05, 0) is 24.3 Å². The van der Waals surface area contributed by atoms with Crippen LogP contribution in [0, 0.1) is 0 Å². The Morgan fingerprint density at radius 3 is 2.46 bits per heavy atom. The molecule has 0 aliphatic carbocycles. The number of nitrogens with one attached hydrogen (secondary N) is 2. The summed E-state index contributed by atoms with van der Waals surface area (Å²) in [5, 5.41) is 7.10. The number of hydrogen-bond donors (Lipinski definition) is 2. The van der Waals surface area contributed by atoms with Crippen LogP contribution in [0.2, 0.25) is 0 Å². The Morgan fingerprint density at radius 2 is 1.82 bits per heavy atom. The molecule has 3 aromatic rings. The van der Waals surface area contributed by atoms with E-state index in [2.05, 4.69) is 19.9 Å². The molecular weight excluding hydrogens is 380 g/mol. The lowest BCUT2D eigenvalue weighted by Gasteiger charge is -2.14. The van der Waals surface area contributed by atoms with Gasteiger partial charge in [-0.3, -0.25) is 9.82 Å². The molecule has 28 heavy (non-hydrogen) atoms. The van der Waals surface area contributed by atoms with Crippen LogP contribution in [0.1, 0.15) is 25.6 Å². The molecule has 148 valence electrons. The Hall–Kier alpha value is -3.07. The third-order valence-electron chi connectivity index (χ3n) is 4.12. The smallest absolute Gasteiger partial charge is 0.265 e. The Kier molecular flexibility index (Phi) is 5.55. The van der Waals surface area contributed by atoms with Gasteiger partial charge >= 0.3 is 0 Å². The molecule has 0 radical (unpaired) electrons. The molecule has 1 heterocycles. The number of rotatable bonds is 7. The van der Waals surface area contributed by atoms with Gasteiger partial charge in [0.05, 0.1) is 19.9 Å². The number of anilines is 1. The maximum absolute atomic E-state index is 13.1. The summed E-state index contributed by atoms with van der Waals surface area (Å²) in [7, 11) is -1.07. The third kappa shape index (κ3) is 3.94. The fraction of sp³-hybridized carbons (Fsp3) is 0.263. The molecule has 0 saturated carbocycles. The minimum Gasteiger partial charge on any atom is -0.497 e. The van der Waals surface area contributed by atoms with Gasteiger partial charge < -0.3 is 9.47 Å². The standard InChI is InChI=1S/C19H22N4O4S/c1-12(2)18-20-19(22-21-18)14-7-5-6-8-15(14)23-28(24,25)17-11-13(26-3)9-10-16(17)27-4/h5-12,23H,1-4H3,(H,20,21,22). The van der Waals surface area contributed by atoms with E-state index in [4.69, 9.17) is 9.47 Å². The number of aromatic amines is 1. The lowest BCUT2D eigenvalue weighted by molar-refractivity contribution is 0.392. The van der Waals surface area contributed by atoms with Crippen LogP contribution in [0.4, 0.5) is 5.69 Å². The molecular formula is C19H22N4O4S. The highest BCUT2D eigenvalue weighted by atomic mass is 32.2. The normalized spacial score (nSPS) is 11.5. The molecule has 2 N–H and O–H groups in total. The fourth-order valence-corrected chi connectivity index (χ4v) is 3.88. The summed E-state index contributed by atoms with van der Waals surface area (Å²) in [5.74, 6) is 1.93. The summed E-state index contributed by atoms with van der Waals surface area (Å²) >= 11 is 0. The van der Waals surface area contributed by atoms with Gasteiger partial charge in [0, 0.05) is 17.5 Å². The van der Waals surface area contributed by atoms with Crippen molar-refractivity contribution in [2.75, 3.05) is 18.9 Å². The van der Waals surface area contributed by atoms with Gasteiger partial charge in [0.25, 0.3) is 10.0 Å². The Morgan fingerprint density at radius 1 is 1.07 bits per heavy atom. The van der Waals surface area contributed by atoms with Gasteiger partial charge in [0.2, 0.25) is 0 Å². The van der Waals surface area contributed by atoms with Crippen LogP contribution < -0.4 is 14.2 Å². The maximum Gasteiger partial charge on any atom is 0.265 e. The van der Waals surface area contributed by atoms with E-state index in [1.807, 2.05) is 13.8 Å². The second-order valence-electron chi connectivity index (χ2n) is 6.37. The number of H-pyrrole nitrogens is 1. The fourth-order valence-electron chi connectivity index (χ4n) is 2.61. The molecule has 3 rings (SSSR count). The van der Waals surface area contributed by atoms with E-state index in [1.54, 1.807) is 36.4 Å². The summed E-state index contributed by atoms with van der Waals surface area (Å²) in [6, 6.07) is 11.5. The number of aromatic nitrogens is 3. The third-order valence-corrected chi connectivity index (χ3v) is 5.51. The average molecular weight is 402 g/mol. The van der Waals surface area contributed by atoms with Crippen molar-refractivity contribution in [1.82, 2.24) is 15.2 Å². The van der Waals surface area contributed by atoms with Gasteiger partial charge in [0.15, 0.2) is 5.82 Å². The van der Waals surface area contributed by atoms with Crippen LogP contribution in [0.3, 0.4) is 0 Å². The van der Waals surface area contributed by atoms with E-state index >= 15 is 0 Å². The zero-order valence-corrected chi connectivity index (χ0v) is 16.9. The van der Waals surface area contributed by atoms with Crippen molar-refractivity contribution in [2.45, 2.75) is 24.7 Å². The number of hydrogen-bond acceptors (Lipinski definition) is 6. The van der Waals surface area contributed by atoms with Crippen LogP contribution in [0.5, 0.6) is 11.5 Å². The average Bonchev–Trinajstić information content (AvgIpc) is 3.18. The SMILES string of the molecule is COc1ccc(OC)c(S(=O)(=O)Nc2ccccc2-c2n[nH]c(C(C)C)n2)c1. The summed E-state index contributed by atoms with van der Waals surface area (Å²) in [5.41, 5.74) is 0.928. The first-order valence-electron chi connectivity index (χ1n) is 8.62. The highest BCUT2D eigenvalue weighted by Crippen LogP contribution is 2.32. The van der Waals surface area contributed by atoms with Gasteiger partial charge in [-0.1, -0.05) is 26.0 Å². The summed E-state index contributed by atoms with van der Waals surface area (Å²) in [4.78, 5) is 4.43. The molecule has 1 aromatic heterocycles. The zero-order valence-electron chi connectivity index (χ0n) is 16.1. The summed E-state index contributed by atoms with van der Waals surface area (Å²) in [6.07, 6.45) is 0. The van der Waals surface area contributed by atoms with Crippen molar-refractivity contribution in [1.29, 1.82) is 0 Å². The van der Waals surface area contributed by atoms with Crippen molar-refractivity contribution in [3.8, 4) is 22.9 Å². The van der Waals surface area contributed by atoms with Crippen LogP contribution in [0.25, 0.3) is 11.4 Å². The molecule has 0 saturated heterocycles. The predicted molar refractivity (Wildman–Crippen MR) is 106 cm³/mol. The molecule has 0 fully saturated rings. The van der Waals surface area contributed by atoms with Crippen molar-refractivity contribution in [2.24, 2.45) is 0 Å². The molecule has 0 aliphatic rings. The van der Waals surface area contributed by atoms with Gasteiger partial charge in [-0.2, -0.15) is 5.10 Å². The molecule has 2 aromatic carbocycles. The van der Waals surface area contributed by atoms with Crippen molar-refractivity contribution in [3.05, 3.63) is 48.3 Å². The van der Waals surface area contributed by atoms with E-state index in [9.17, 15) is 8.42 Å². The number of methoxy groups -OCH3 is 2. The predicted octanol–water partition coefficient (Wildman–Crippen LogP) is 3.41. The van der Waals surface area contributed by atoms with Crippen molar-refractivity contribution >= 4 is 15.7 Å². The second-order valence-corrected chi connectivity index (χ2v) is 8.02. The van der Waals surface area contributed by atoms with Gasteiger partial charge in [0.1, 0.15) is 22.2 Å². The lowest BCUT2D eigenvalue weighted by atomic mass is 10.1. The van der Waals surface area contributed by atoms with Crippen molar-refractivity contribution in [3.63, 3.8) is 0 Å². The Labute approximate surface area is 164 Å². The second kappa shape index (κ2) is 7.89. The van der Waals surface area contributed by atoms with Gasteiger partial charge in [-0.15, -0.1) is 0 Å². The number of ether oxygens (including phenoxy) is 2. The first-order valence-corrected chi connectivity index (χ1v) is 10.1. The van der Waals surface area contributed by atoms with Crippen molar-refractivity contribution < 1.29 is 17.9 Å². The largest absolute Gasteiger partial charge is 0.497 e. The summed E-state index contributed by atoms with van der Waals surface area (Å²) < 4.78 is 39.1. The van der Waals surface area contributed by atoms with Crippen LogP contribution >= 0.6 is 0 Å². The minimum atomic E-state index is -3.95. The Balaban J connectivity index is 2.02. The van der Waals surface area contributed by atoms with E-state index < -0.39 is 10.0 Å². The first-order chi connectivity index (χ1) is 13.4. The van der Waals surface area contributed by atoms with Crippen LogP contribution in [0.15, 0.2) is 47.4 Å². The monoisotopic (exact) mass is 402 g/mol. The first kappa shape index (κ1) is 19.7. The van der Waals surface area contributed by atoms with Gasteiger partial charge in [-0.25, -0.2) is 13.4 Å². The molecule has 0 aliphatic heterocycles. The molecule has 0 unspecified atom stereocenters. The van der Waals surface area contributed by atoms with E-state index in [1.165, 1.54) is 20.3 Å². The number of nitrogens with zero attached hydrogens (tertiary/aromatic N) is 2. The lowest BCUT2D eigenvalue weighted by Crippen LogP contribution is -2.15. The summed E-state index contributed by atoms with van der Waals surface area (Å²) in [6.45, 7) is 3.99. The molecule has 8 nitrogen and oxygen atoms in total. The molecule has 0 atom stereocenters. The number of sulfonamides is 1. The number of para-hydroxylation sites is 1. The zero-order chi connectivity index (χ0) is 20.3. The van der Waals surface area contributed by atoms with E-state index in [0.717, 1.165) is 5.82 Å². The van der Waals surface area contributed by atoms with E-state index in [-0.39, 0.29) is 16.6 Å². The minimum absolute atomic E-state index is 0.0259. The molecule has 9 heteroatoms. The molecule has 0 amide bonds. The molecule has 0 spiro atoms. The van der Waals surface area contributed by atoms with Crippen LogP contribution in [-0.2, 0) is 10.0 Å². The quantitative estimate of drug-likeness (QED) is 0.627. The van der Waals surface area contributed by atoms with Crippen LogP contribution in [-0.4, -0.2) is 37.8 Å². The Bertz CT molecular complexity index is 1080. The number of benzene rings is 2. The topological polar surface area (TPSA) is 106 Å². The molecule has 0 bridgehead atoms. The van der Waals surface area contributed by atoms with E-state index in [0.29, 0.717) is 22.8 Å². The maximum atomic E-state index is 13.1. The highest BCUT2D eigenvalue weighted by Gasteiger charge is 2.23.